The number of amides is 1. The molecule has 3 aromatic rings. The number of benzene rings is 2. The molecule has 178 valence electrons. The van der Waals surface area contributed by atoms with Gasteiger partial charge in [-0.2, -0.15) is 0 Å². The van der Waals surface area contributed by atoms with Gasteiger partial charge in [0.2, 0.25) is 5.88 Å². The Bertz CT molecular complexity index is 1190. The van der Waals surface area contributed by atoms with E-state index in [2.05, 4.69) is 20.3 Å². The lowest BCUT2D eigenvalue weighted by Crippen LogP contribution is -2.31. The van der Waals surface area contributed by atoms with Crippen LogP contribution in [0.3, 0.4) is 0 Å². The first-order valence-electron chi connectivity index (χ1n) is 11.3. The van der Waals surface area contributed by atoms with Gasteiger partial charge in [-0.05, 0) is 68.8 Å². The molecule has 1 saturated heterocycles. The second-order valence-electron chi connectivity index (χ2n) is 8.21. The summed E-state index contributed by atoms with van der Waals surface area (Å²) >= 11 is 0. The van der Waals surface area contributed by atoms with E-state index in [4.69, 9.17) is 9.57 Å². The fourth-order valence-electron chi connectivity index (χ4n) is 4.02. The van der Waals surface area contributed by atoms with E-state index in [-0.39, 0.29) is 18.2 Å². The van der Waals surface area contributed by atoms with Crippen LogP contribution in [0.15, 0.2) is 63.9 Å². The minimum absolute atomic E-state index is 0.00221. The third-order valence-electron chi connectivity index (χ3n) is 5.87. The third kappa shape index (κ3) is 5.43. The number of fused-ring (bicyclic) bond motifs is 1. The standard InChI is InChI=1S/C25H29N5O4/c1-18(19-10-12-20(33-2)13-11-19)28-34-16-23(31)26-27-24-21-8-4-5-9-22(21)30(25(24)32)17-29-14-6-3-7-15-29/h4-5,8-13,32H,3,6-7,14-17H2,1-2H3/b27-26?,28-18-. The zero-order chi connectivity index (χ0) is 23.9. The summed E-state index contributed by atoms with van der Waals surface area (Å²) < 4.78 is 6.96. The molecule has 1 aliphatic heterocycles. The van der Waals surface area contributed by atoms with Crippen LogP contribution in [0.4, 0.5) is 5.69 Å². The summed E-state index contributed by atoms with van der Waals surface area (Å²) in [6, 6.07) is 14.9. The van der Waals surface area contributed by atoms with Crippen LogP contribution in [0.25, 0.3) is 10.9 Å². The van der Waals surface area contributed by atoms with E-state index >= 15 is 0 Å². The molecule has 4 rings (SSSR count). The maximum Gasteiger partial charge on any atom is 0.304 e. The second-order valence-corrected chi connectivity index (χ2v) is 8.21. The van der Waals surface area contributed by atoms with Crippen molar-refractivity contribution in [2.24, 2.45) is 15.4 Å². The molecule has 34 heavy (non-hydrogen) atoms. The topological polar surface area (TPSA) is 101 Å². The molecule has 0 unspecified atom stereocenters. The van der Waals surface area contributed by atoms with Gasteiger partial charge in [0.15, 0.2) is 12.3 Å². The number of nitrogens with zero attached hydrogens (tertiary/aromatic N) is 5. The van der Waals surface area contributed by atoms with E-state index in [1.54, 1.807) is 14.0 Å². The van der Waals surface area contributed by atoms with Crippen molar-refractivity contribution in [1.29, 1.82) is 0 Å². The molecule has 1 fully saturated rings. The van der Waals surface area contributed by atoms with Gasteiger partial charge in [0.1, 0.15) is 5.75 Å². The van der Waals surface area contributed by atoms with Crippen LogP contribution in [0.2, 0.25) is 0 Å². The molecular formula is C25H29N5O4. The van der Waals surface area contributed by atoms with Gasteiger partial charge in [-0.1, -0.05) is 29.8 Å². The van der Waals surface area contributed by atoms with E-state index < -0.39 is 5.91 Å². The highest BCUT2D eigenvalue weighted by Crippen LogP contribution is 2.39. The first-order chi connectivity index (χ1) is 16.6. The molecule has 2 heterocycles. The molecule has 0 radical (unpaired) electrons. The molecule has 9 heteroatoms. The Kier molecular flexibility index (Phi) is 7.54. The summed E-state index contributed by atoms with van der Waals surface area (Å²) in [6.07, 6.45) is 3.55. The van der Waals surface area contributed by atoms with Crippen molar-refractivity contribution in [2.45, 2.75) is 32.9 Å². The summed E-state index contributed by atoms with van der Waals surface area (Å²) in [5, 5.41) is 23.4. The Morgan fingerprint density at radius 2 is 1.79 bits per heavy atom. The van der Waals surface area contributed by atoms with E-state index in [9.17, 15) is 9.90 Å². The number of aromatic nitrogens is 1. The number of methoxy groups -OCH3 is 1. The number of azo groups is 1. The first kappa shape index (κ1) is 23.4. The molecule has 0 atom stereocenters. The highest BCUT2D eigenvalue weighted by atomic mass is 16.6. The average Bonchev–Trinajstić information content (AvgIpc) is 3.14. The summed E-state index contributed by atoms with van der Waals surface area (Å²) in [5.41, 5.74) is 2.59. The van der Waals surface area contributed by atoms with E-state index in [0.717, 1.165) is 48.1 Å². The molecule has 1 amide bonds. The lowest BCUT2D eigenvalue weighted by Gasteiger charge is -2.27. The number of piperidine rings is 1. The van der Waals surface area contributed by atoms with Crippen molar-refractivity contribution in [3.63, 3.8) is 0 Å². The highest BCUT2D eigenvalue weighted by molar-refractivity contribution is 5.98. The predicted molar refractivity (Wildman–Crippen MR) is 130 cm³/mol. The molecule has 0 saturated carbocycles. The number of para-hydroxylation sites is 1. The van der Waals surface area contributed by atoms with Crippen molar-refractivity contribution in [3.05, 3.63) is 54.1 Å². The maximum absolute atomic E-state index is 12.2. The molecule has 2 aromatic carbocycles. The number of likely N-dealkylation sites (tertiary alicyclic amines) is 1. The monoisotopic (exact) mass is 463 g/mol. The van der Waals surface area contributed by atoms with Crippen molar-refractivity contribution in [3.8, 4) is 11.6 Å². The van der Waals surface area contributed by atoms with E-state index in [1.807, 2.05) is 53.1 Å². The number of oxime groups is 1. The SMILES string of the molecule is COc1ccc(/C(C)=N\OCC(=O)N=Nc2c(O)n(CN3CCCCC3)c3ccccc23)cc1. The fourth-order valence-corrected chi connectivity index (χ4v) is 4.02. The number of rotatable bonds is 8. The third-order valence-corrected chi connectivity index (χ3v) is 5.87. The molecule has 0 aliphatic carbocycles. The zero-order valence-electron chi connectivity index (χ0n) is 19.5. The van der Waals surface area contributed by atoms with Gasteiger partial charge < -0.3 is 14.7 Å². The normalized spacial score (nSPS) is 15.2. The number of hydrogen-bond donors (Lipinski definition) is 1. The number of aromatic hydroxyl groups is 1. The largest absolute Gasteiger partial charge is 0.497 e. The van der Waals surface area contributed by atoms with E-state index in [0.29, 0.717) is 12.4 Å². The lowest BCUT2D eigenvalue weighted by atomic mass is 10.1. The van der Waals surface area contributed by atoms with Crippen LogP contribution >= 0.6 is 0 Å². The molecule has 0 bridgehead atoms. The molecule has 9 nitrogen and oxygen atoms in total. The highest BCUT2D eigenvalue weighted by Gasteiger charge is 2.19. The van der Waals surface area contributed by atoms with Crippen LogP contribution in [0.5, 0.6) is 11.6 Å². The maximum atomic E-state index is 12.2. The second kappa shape index (κ2) is 10.9. The molecule has 1 N–H and O–H groups in total. The van der Waals surface area contributed by atoms with Crippen molar-refractivity contribution < 1.29 is 19.5 Å². The quantitative estimate of drug-likeness (QED) is 0.292. The van der Waals surface area contributed by atoms with Gasteiger partial charge in [0.05, 0.1) is 25.0 Å². The number of carbonyl (C=O) groups excluding carboxylic acids is 1. The summed E-state index contributed by atoms with van der Waals surface area (Å²) in [6.45, 7) is 3.98. The van der Waals surface area contributed by atoms with Gasteiger partial charge in [-0.15, -0.1) is 10.2 Å². The smallest absolute Gasteiger partial charge is 0.304 e. The Morgan fingerprint density at radius 1 is 1.06 bits per heavy atom. The van der Waals surface area contributed by atoms with Gasteiger partial charge >= 0.3 is 5.91 Å². The van der Waals surface area contributed by atoms with Gasteiger partial charge in [0, 0.05) is 5.39 Å². The van der Waals surface area contributed by atoms with Gasteiger partial charge in [-0.3, -0.25) is 14.3 Å². The van der Waals surface area contributed by atoms with E-state index in [1.165, 1.54) is 6.42 Å². The van der Waals surface area contributed by atoms with Crippen LogP contribution in [0.1, 0.15) is 31.7 Å². The Balaban J connectivity index is 1.43. The fraction of sp³-hybridized carbons (Fsp3) is 0.360. The average molecular weight is 464 g/mol. The van der Waals surface area contributed by atoms with Crippen LogP contribution in [-0.4, -0.2) is 53.0 Å². The Labute approximate surface area is 198 Å². The Hall–Kier alpha value is -3.72. The first-order valence-corrected chi connectivity index (χ1v) is 11.3. The number of hydrogen-bond acceptors (Lipinski definition) is 7. The predicted octanol–water partition coefficient (Wildman–Crippen LogP) is 4.85. The van der Waals surface area contributed by atoms with Crippen molar-refractivity contribution in [1.82, 2.24) is 9.47 Å². The summed E-state index contributed by atoms with van der Waals surface area (Å²) in [5.74, 6) is 0.143. The van der Waals surface area contributed by atoms with Gasteiger partial charge in [0.25, 0.3) is 0 Å². The zero-order valence-corrected chi connectivity index (χ0v) is 19.5. The number of carbonyl (C=O) groups is 1. The van der Waals surface area contributed by atoms with Crippen LogP contribution < -0.4 is 4.74 Å². The van der Waals surface area contributed by atoms with Gasteiger partial charge in [-0.25, -0.2) is 0 Å². The van der Waals surface area contributed by atoms with Crippen LogP contribution in [0, 0.1) is 0 Å². The minimum atomic E-state index is -0.599. The summed E-state index contributed by atoms with van der Waals surface area (Å²) in [7, 11) is 1.60. The molecular weight excluding hydrogens is 434 g/mol. The summed E-state index contributed by atoms with van der Waals surface area (Å²) in [4.78, 5) is 19.7. The van der Waals surface area contributed by atoms with Crippen LogP contribution in [-0.2, 0) is 16.3 Å². The number of ether oxygens (including phenoxy) is 1. The van der Waals surface area contributed by atoms with Crippen molar-refractivity contribution in [2.75, 3.05) is 26.8 Å². The minimum Gasteiger partial charge on any atom is -0.497 e. The molecule has 1 aromatic heterocycles. The lowest BCUT2D eigenvalue weighted by molar-refractivity contribution is -0.122. The molecule has 1 aliphatic rings. The van der Waals surface area contributed by atoms with Crippen molar-refractivity contribution >= 4 is 28.2 Å². The molecule has 0 spiro atoms. The Morgan fingerprint density at radius 3 is 2.53 bits per heavy atom.